The van der Waals surface area contributed by atoms with Gasteiger partial charge in [-0.1, -0.05) is 23.2 Å². The molecule has 0 aliphatic heterocycles. The normalized spacial score (nSPS) is 12.4. The van der Waals surface area contributed by atoms with Crippen LogP contribution >= 0.6 is 23.2 Å². The van der Waals surface area contributed by atoms with E-state index in [1.54, 1.807) is 12.1 Å². The number of nitrogens with zero attached hydrogens (tertiary/aromatic N) is 1. The zero-order valence-corrected chi connectivity index (χ0v) is 14.9. The van der Waals surface area contributed by atoms with Crippen LogP contribution in [0.5, 0.6) is 5.75 Å². The van der Waals surface area contributed by atoms with E-state index in [0.29, 0.717) is 32.3 Å². The molecular weight excluding hydrogens is 367 g/mol. The molecule has 1 unspecified atom stereocenters. The molecule has 1 amide bonds. The average molecular weight is 381 g/mol. The van der Waals surface area contributed by atoms with Crippen LogP contribution in [0.15, 0.2) is 28.9 Å². The monoisotopic (exact) mass is 380 g/mol. The van der Waals surface area contributed by atoms with Gasteiger partial charge in [-0.25, -0.2) is 0 Å². The standard InChI is InChI=1S/C17H14Cl2N2O4/c1-7(22)15-14(17(20)23)13-8(3-4-11(24-2)16(13)25-15)12-9(18)5-21-6-10(12)19/h3-7,22H,1-2H3,(H2,20,23). The minimum Gasteiger partial charge on any atom is -0.493 e. The SMILES string of the molecule is COc1ccc(-c2c(Cl)cncc2Cl)c2c(C(N)=O)c(C(C)O)oc12. The summed E-state index contributed by atoms with van der Waals surface area (Å²) in [6.45, 7) is 1.47. The fraction of sp³-hybridized carbons (Fsp3) is 0.176. The lowest BCUT2D eigenvalue weighted by atomic mass is 9.97. The molecular formula is C17H14Cl2N2O4. The van der Waals surface area contributed by atoms with Crippen LogP contribution < -0.4 is 10.5 Å². The maximum Gasteiger partial charge on any atom is 0.253 e. The zero-order chi connectivity index (χ0) is 18.3. The van der Waals surface area contributed by atoms with E-state index in [4.69, 9.17) is 38.1 Å². The summed E-state index contributed by atoms with van der Waals surface area (Å²) in [6.07, 6.45) is 1.84. The van der Waals surface area contributed by atoms with Crippen molar-refractivity contribution in [2.45, 2.75) is 13.0 Å². The number of primary amides is 1. The van der Waals surface area contributed by atoms with Crippen molar-refractivity contribution in [3.63, 3.8) is 0 Å². The molecule has 1 aromatic carbocycles. The summed E-state index contributed by atoms with van der Waals surface area (Å²) < 4.78 is 11.0. The van der Waals surface area contributed by atoms with Crippen molar-refractivity contribution in [2.75, 3.05) is 7.11 Å². The summed E-state index contributed by atoms with van der Waals surface area (Å²) in [5.74, 6) is -0.311. The van der Waals surface area contributed by atoms with Gasteiger partial charge in [-0.05, 0) is 24.6 Å². The summed E-state index contributed by atoms with van der Waals surface area (Å²) in [6, 6.07) is 3.35. The fourth-order valence-electron chi connectivity index (χ4n) is 2.77. The van der Waals surface area contributed by atoms with Crippen LogP contribution in [-0.2, 0) is 0 Å². The number of carbonyl (C=O) groups is 1. The summed E-state index contributed by atoms with van der Waals surface area (Å²) >= 11 is 12.5. The van der Waals surface area contributed by atoms with Gasteiger partial charge in [0, 0.05) is 23.3 Å². The van der Waals surface area contributed by atoms with Gasteiger partial charge in [0.15, 0.2) is 11.3 Å². The molecule has 0 radical (unpaired) electrons. The number of furan rings is 1. The predicted octanol–water partition coefficient (Wildman–Crippen LogP) is 3.96. The molecule has 3 rings (SSSR count). The quantitative estimate of drug-likeness (QED) is 0.713. The number of carbonyl (C=O) groups excluding carboxylic acids is 1. The van der Waals surface area contributed by atoms with Crippen molar-refractivity contribution in [2.24, 2.45) is 5.73 Å². The van der Waals surface area contributed by atoms with Crippen molar-refractivity contribution in [3.05, 3.63) is 45.9 Å². The number of amides is 1. The molecule has 0 bridgehead atoms. The Hall–Kier alpha value is -2.28. The highest BCUT2D eigenvalue weighted by molar-refractivity contribution is 6.39. The minimum absolute atomic E-state index is 0.0505. The number of nitrogens with two attached hydrogens (primary N) is 1. The number of ether oxygens (including phenoxy) is 1. The van der Waals surface area contributed by atoms with Gasteiger partial charge in [0.25, 0.3) is 5.91 Å². The molecule has 8 heteroatoms. The van der Waals surface area contributed by atoms with Crippen LogP contribution in [0, 0.1) is 0 Å². The van der Waals surface area contributed by atoms with E-state index in [2.05, 4.69) is 4.98 Å². The summed E-state index contributed by atoms with van der Waals surface area (Å²) in [4.78, 5) is 16.0. The number of benzene rings is 1. The summed E-state index contributed by atoms with van der Waals surface area (Å²) in [5.41, 5.74) is 6.88. The third-order valence-electron chi connectivity index (χ3n) is 3.80. The molecule has 3 N–H and O–H groups in total. The first-order chi connectivity index (χ1) is 11.9. The van der Waals surface area contributed by atoms with Gasteiger partial charge in [-0.3, -0.25) is 9.78 Å². The summed E-state index contributed by atoms with van der Waals surface area (Å²) in [5, 5.41) is 11.0. The average Bonchev–Trinajstić information content (AvgIpc) is 2.96. The van der Waals surface area contributed by atoms with E-state index in [1.807, 2.05) is 0 Å². The first-order valence-electron chi connectivity index (χ1n) is 7.27. The van der Waals surface area contributed by atoms with Crippen molar-refractivity contribution in [1.82, 2.24) is 4.98 Å². The van der Waals surface area contributed by atoms with E-state index in [0.717, 1.165) is 0 Å². The number of halogens is 2. The van der Waals surface area contributed by atoms with Gasteiger partial charge in [-0.2, -0.15) is 0 Å². The Morgan fingerprint density at radius 1 is 1.32 bits per heavy atom. The topological polar surface area (TPSA) is 98.6 Å². The molecule has 2 aromatic heterocycles. The van der Waals surface area contributed by atoms with E-state index in [9.17, 15) is 9.90 Å². The number of hydrogen-bond acceptors (Lipinski definition) is 5. The highest BCUT2D eigenvalue weighted by Gasteiger charge is 2.28. The van der Waals surface area contributed by atoms with E-state index in [1.165, 1.54) is 26.4 Å². The molecule has 25 heavy (non-hydrogen) atoms. The van der Waals surface area contributed by atoms with Crippen LogP contribution in [0.25, 0.3) is 22.1 Å². The molecule has 0 spiro atoms. The Kier molecular flexibility index (Phi) is 4.60. The van der Waals surface area contributed by atoms with Gasteiger partial charge in [0.1, 0.15) is 11.9 Å². The number of aliphatic hydroxyl groups excluding tert-OH is 1. The van der Waals surface area contributed by atoms with Crippen molar-refractivity contribution >= 4 is 40.1 Å². The van der Waals surface area contributed by atoms with Crippen LogP contribution in [0.3, 0.4) is 0 Å². The van der Waals surface area contributed by atoms with Crippen LogP contribution in [0.4, 0.5) is 0 Å². The van der Waals surface area contributed by atoms with Gasteiger partial charge in [0.2, 0.25) is 0 Å². The smallest absolute Gasteiger partial charge is 0.253 e. The van der Waals surface area contributed by atoms with Gasteiger partial charge >= 0.3 is 0 Å². The molecule has 0 fully saturated rings. The second-order valence-corrected chi connectivity index (χ2v) is 6.19. The number of aliphatic hydroxyl groups is 1. The minimum atomic E-state index is -1.05. The van der Waals surface area contributed by atoms with Crippen molar-refractivity contribution in [1.29, 1.82) is 0 Å². The highest BCUT2D eigenvalue weighted by atomic mass is 35.5. The van der Waals surface area contributed by atoms with Crippen LogP contribution in [0.1, 0.15) is 29.1 Å². The Morgan fingerprint density at radius 3 is 2.48 bits per heavy atom. The van der Waals surface area contributed by atoms with E-state index < -0.39 is 12.0 Å². The molecule has 1 atom stereocenters. The molecule has 130 valence electrons. The largest absolute Gasteiger partial charge is 0.493 e. The van der Waals surface area contributed by atoms with E-state index >= 15 is 0 Å². The molecule has 2 heterocycles. The number of rotatable bonds is 4. The third kappa shape index (κ3) is 2.82. The summed E-state index contributed by atoms with van der Waals surface area (Å²) in [7, 11) is 1.47. The Morgan fingerprint density at radius 2 is 1.96 bits per heavy atom. The Bertz CT molecular complexity index is 962. The van der Waals surface area contributed by atoms with Crippen LogP contribution in [-0.4, -0.2) is 23.1 Å². The zero-order valence-electron chi connectivity index (χ0n) is 13.3. The first-order valence-corrected chi connectivity index (χ1v) is 8.03. The number of fused-ring (bicyclic) bond motifs is 1. The Labute approximate surface area is 153 Å². The predicted molar refractivity (Wildman–Crippen MR) is 95.2 cm³/mol. The lowest BCUT2D eigenvalue weighted by Crippen LogP contribution is -2.13. The number of hydrogen-bond donors (Lipinski definition) is 2. The molecule has 0 saturated heterocycles. The van der Waals surface area contributed by atoms with Crippen molar-refractivity contribution < 1.29 is 19.1 Å². The lowest BCUT2D eigenvalue weighted by Gasteiger charge is -2.10. The van der Waals surface area contributed by atoms with Gasteiger partial charge < -0.3 is 20.0 Å². The molecule has 3 aromatic rings. The van der Waals surface area contributed by atoms with Gasteiger partial charge in [-0.15, -0.1) is 0 Å². The number of aromatic nitrogens is 1. The van der Waals surface area contributed by atoms with Crippen LogP contribution in [0.2, 0.25) is 10.0 Å². The van der Waals surface area contributed by atoms with Gasteiger partial charge in [0.05, 0.1) is 22.7 Å². The second-order valence-electron chi connectivity index (χ2n) is 5.38. The number of methoxy groups -OCH3 is 1. The highest BCUT2D eigenvalue weighted by Crippen LogP contribution is 2.44. The fourth-order valence-corrected chi connectivity index (χ4v) is 3.34. The van der Waals surface area contributed by atoms with E-state index in [-0.39, 0.29) is 16.9 Å². The molecule has 0 aliphatic carbocycles. The number of pyridine rings is 1. The van der Waals surface area contributed by atoms with Crippen molar-refractivity contribution in [3.8, 4) is 16.9 Å². The maximum absolute atomic E-state index is 12.1. The lowest BCUT2D eigenvalue weighted by molar-refractivity contribution is 0.0990. The Balaban J connectivity index is 2.52. The molecule has 0 saturated carbocycles. The molecule has 0 aliphatic rings. The second kappa shape index (κ2) is 6.55. The third-order valence-corrected chi connectivity index (χ3v) is 4.37. The first kappa shape index (κ1) is 17.5. The molecule has 6 nitrogen and oxygen atoms in total. The maximum atomic E-state index is 12.1.